The van der Waals surface area contributed by atoms with Crippen LogP contribution in [0, 0.1) is 0 Å². The van der Waals surface area contributed by atoms with E-state index in [1.165, 1.54) is 64.2 Å². The maximum absolute atomic E-state index is 12.1. The van der Waals surface area contributed by atoms with Gasteiger partial charge in [0.2, 0.25) is 0 Å². The molecule has 0 rings (SSSR count). The van der Waals surface area contributed by atoms with Gasteiger partial charge >= 0.3 is 0 Å². The second-order valence-corrected chi connectivity index (χ2v) is 8.97. The molecule has 2 nitrogen and oxygen atoms in total. The topological polar surface area (TPSA) is 29.1 Å². The standard InChI is InChI=1S/C16H36NOP/c1-4-7-8-9-10-11-12-13-14-15-16-17-19(18,5-2)6-3/h4-16H2,1-3H3,(H,17,18). The Kier molecular flexibility index (Phi) is 13.3. The fourth-order valence-corrected chi connectivity index (χ4v) is 3.80. The highest BCUT2D eigenvalue weighted by atomic mass is 31.2. The highest BCUT2D eigenvalue weighted by molar-refractivity contribution is 7.61. The minimum absolute atomic E-state index is 0.793. The molecule has 0 amide bonds. The molecule has 0 saturated heterocycles. The van der Waals surface area contributed by atoms with E-state index >= 15 is 0 Å². The lowest BCUT2D eigenvalue weighted by molar-refractivity contribution is 0.546. The Labute approximate surface area is 121 Å². The minimum atomic E-state index is -2.01. The van der Waals surface area contributed by atoms with Crippen molar-refractivity contribution in [2.24, 2.45) is 0 Å². The molecule has 0 aliphatic rings. The molecule has 0 aromatic heterocycles. The molecule has 0 aromatic carbocycles. The van der Waals surface area contributed by atoms with E-state index in [1.807, 2.05) is 13.8 Å². The Morgan fingerprint density at radius 2 is 1.11 bits per heavy atom. The van der Waals surface area contributed by atoms with E-state index in [0.717, 1.165) is 18.9 Å². The summed E-state index contributed by atoms with van der Waals surface area (Å²) in [6, 6.07) is 0. The van der Waals surface area contributed by atoms with Crippen molar-refractivity contribution in [3.05, 3.63) is 0 Å². The van der Waals surface area contributed by atoms with Crippen molar-refractivity contribution < 1.29 is 4.57 Å². The Bertz CT molecular complexity index is 223. The normalized spacial score (nSPS) is 11.9. The van der Waals surface area contributed by atoms with Crippen molar-refractivity contribution in [2.45, 2.75) is 85.0 Å². The van der Waals surface area contributed by atoms with Gasteiger partial charge in [-0.2, -0.15) is 0 Å². The largest absolute Gasteiger partial charge is 0.307 e. The first kappa shape index (κ1) is 19.2. The first-order valence-corrected chi connectivity index (χ1v) is 10.6. The van der Waals surface area contributed by atoms with Crippen molar-refractivity contribution in [1.82, 2.24) is 5.09 Å². The molecule has 0 radical (unpaired) electrons. The zero-order valence-corrected chi connectivity index (χ0v) is 14.4. The molecule has 116 valence electrons. The molecule has 0 heterocycles. The van der Waals surface area contributed by atoms with Gasteiger partial charge in [0.1, 0.15) is 7.29 Å². The molecule has 0 saturated carbocycles. The van der Waals surface area contributed by atoms with Crippen LogP contribution in [-0.4, -0.2) is 18.9 Å². The molecule has 0 aliphatic heterocycles. The number of rotatable bonds is 14. The van der Waals surface area contributed by atoms with E-state index in [0.29, 0.717) is 0 Å². The van der Waals surface area contributed by atoms with Crippen LogP contribution in [-0.2, 0) is 4.57 Å². The fourth-order valence-electron chi connectivity index (χ4n) is 2.34. The summed E-state index contributed by atoms with van der Waals surface area (Å²) in [7, 11) is -2.01. The SMILES string of the molecule is CCCCCCCCCCCCNP(=O)(CC)CC. The molecule has 0 aromatic rings. The van der Waals surface area contributed by atoms with Crippen molar-refractivity contribution in [2.75, 3.05) is 18.9 Å². The smallest absolute Gasteiger partial charge is 0.147 e. The number of hydrogen-bond acceptors (Lipinski definition) is 1. The third-order valence-electron chi connectivity index (χ3n) is 3.95. The maximum Gasteiger partial charge on any atom is 0.147 e. The number of nitrogens with one attached hydrogen (secondary N) is 1. The van der Waals surface area contributed by atoms with Crippen LogP contribution in [0.3, 0.4) is 0 Å². The predicted octanol–water partition coefficient (Wildman–Crippen LogP) is 5.81. The van der Waals surface area contributed by atoms with E-state index < -0.39 is 7.29 Å². The van der Waals surface area contributed by atoms with E-state index in [1.54, 1.807) is 0 Å². The lowest BCUT2D eigenvalue weighted by Gasteiger charge is -2.15. The van der Waals surface area contributed by atoms with E-state index in [2.05, 4.69) is 12.0 Å². The molecular formula is C16H36NOP. The average molecular weight is 289 g/mol. The zero-order chi connectivity index (χ0) is 14.4. The van der Waals surface area contributed by atoms with Gasteiger partial charge in [0, 0.05) is 18.9 Å². The van der Waals surface area contributed by atoms with Crippen LogP contribution in [0.25, 0.3) is 0 Å². The molecule has 0 unspecified atom stereocenters. The van der Waals surface area contributed by atoms with Gasteiger partial charge < -0.3 is 4.57 Å². The summed E-state index contributed by atoms with van der Waals surface area (Å²) >= 11 is 0. The van der Waals surface area contributed by atoms with E-state index in [4.69, 9.17) is 0 Å². The highest BCUT2D eigenvalue weighted by Crippen LogP contribution is 2.39. The average Bonchev–Trinajstić information content (AvgIpc) is 2.44. The summed E-state index contributed by atoms with van der Waals surface area (Å²) in [5.41, 5.74) is 0. The summed E-state index contributed by atoms with van der Waals surface area (Å²) in [4.78, 5) is 0. The summed E-state index contributed by atoms with van der Waals surface area (Å²) < 4.78 is 12.1. The summed E-state index contributed by atoms with van der Waals surface area (Å²) in [5, 5.41) is 3.28. The highest BCUT2D eigenvalue weighted by Gasteiger charge is 2.14. The summed E-state index contributed by atoms with van der Waals surface area (Å²) in [6.45, 7) is 7.26. The molecule has 19 heavy (non-hydrogen) atoms. The second-order valence-electron chi connectivity index (χ2n) is 5.61. The monoisotopic (exact) mass is 289 g/mol. The molecular weight excluding hydrogens is 253 g/mol. The van der Waals surface area contributed by atoms with Gasteiger partial charge in [-0.05, 0) is 6.42 Å². The first-order valence-electron chi connectivity index (χ1n) is 8.51. The van der Waals surface area contributed by atoms with Gasteiger partial charge in [-0.15, -0.1) is 0 Å². The van der Waals surface area contributed by atoms with Crippen molar-refractivity contribution in [3.63, 3.8) is 0 Å². The number of hydrogen-bond donors (Lipinski definition) is 1. The molecule has 0 bridgehead atoms. The third-order valence-corrected chi connectivity index (χ3v) is 6.80. The quantitative estimate of drug-likeness (QED) is 0.323. The van der Waals surface area contributed by atoms with Crippen molar-refractivity contribution >= 4 is 7.29 Å². The van der Waals surface area contributed by atoms with Gasteiger partial charge in [0.15, 0.2) is 0 Å². The van der Waals surface area contributed by atoms with Crippen LogP contribution in [0.15, 0.2) is 0 Å². The maximum atomic E-state index is 12.1. The number of unbranched alkanes of at least 4 members (excludes halogenated alkanes) is 9. The van der Waals surface area contributed by atoms with Crippen LogP contribution in [0.1, 0.15) is 85.0 Å². The van der Waals surface area contributed by atoms with E-state index in [9.17, 15) is 4.57 Å². The Hall–Kier alpha value is 0.190. The zero-order valence-electron chi connectivity index (χ0n) is 13.5. The summed E-state index contributed by atoms with van der Waals surface area (Å²) in [6.07, 6.45) is 15.2. The first-order chi connectivity index (χ1) is 9.18. The molecule has 1 N–H and O–H groups in total. The van der Waals surface area contributed by atoms with Gasteiger partial charge in [-0.1, -0.05) is 78.6 Å². The predicted molar refractivity (Wildman–Crippen MR) is 88.5 cm³/mol. The summed E-state index contributed by atoms with van der Waals surface area (Å²) in [5.74, 6) is 0. The van der Waals surface area contributed by atoms with Crippen LogP contribution in [0.4, 0.5) is 0 Å². The van der Waals surface area contributed by atoms with Crippen LogP contribution < -0.4 is 5.09 Å². The van der Waals surface area contributed by atoms with Gasteiger partial charge in [-0.3, -0.25) is 5.09 Å². The molecule has 0 spiro atoms. The van der Waals surface area contributed by atoms with Crippen molar-refractivity contribution in [3.8, 4) is 0 Å². The lowest BCUT2D eigenvalue weighted by atomic mass is 10.1. The molecule has 0 fully saturated rings. The van der Waals surface area contributed by atoms with Gasteiger partial charge in [-0.25, -0.2) is 0 Å². The minimum Gasteiger partial charge on any atom is -0.307 e. The molecule has 3 heteroatoms. The van der Waals surface area contributed by atoms with E-state index in [-0.39, 0.29) is 0 Å². The van der Waals surface area contributed by atoms with Crippen LogP contribution in [0.5, 0.6) is 0 Å². The Morgan fingerprint density at radius 3 is 1.53 bits per heavy atom. The molecule has 0 atom stereocenters. The van der Waals surface area contributed by atoms with Gasteiger partial charge in [0.25, 0.3) is 0 Å². The van der Waals surface area contributed by atoms with Crippen molar-refractivity contribution in [1.29, 1.82) is 0 Å². The van der Waals surface area contributed by atoms with Crippen LogP contribution >= 0.6 is 7.29 Å². The van der Waals surface area contributed by atoms with Gasteiger partial charge in [0.05, 0.1) is 0 Å². The lowest BCUT2D eigenvalue weighted by Crippen LogP contribution is -2.14. The second kappa shape index (κ2) is 13.2. The third kappa shape index (κ3) is 11.7. The Morgan fingerprint density at radius 1 is 0.684 bits per heavy atom. The Balaban J connectivity index is 3.21. The molecule has 0 aliphatic carbocycles. The fraction of sp³-hybridized carbons (Fsp3) is 1.00. The van der Waals surface area contributed by atoms with Crippen LogP contribution in [0.2, 0.25) is 0 Å².